The largest absolute Gasteiger partial charge is 0.474 e. The zero-order chi connectivity index (χ0) is 14.8. The lowest BCUT2D eigenvalue weighted by atomic mass is 9.89. The zero-order valence-electron chi connectivity index (χ0n) is 12.6. The summed E-state index contributed by atoms with van der Waals surface area (Å²) in [6, 6.07) is 2.14. The van der Waals surface area contributed by atoms with Gasteiger partial charge >= 0.3 is 0 Å². The van der Waals surface area contributed by atoms with E-state index in [1.54, 1.807) is 11.3 Å². The molecule has 0 aliphatic heterocycles. The molecule has 5 nitrogen and oxygen atoms in total. The van der Waals surface area contributed by atoms with E-state index in [0.29, 0.717) is 11.8 Å². The number of hydrogen-bond donors (Lipinski definition) is 2. The van der Waals surface area contributed by atoms with Crippen LogP contribution in [-0.4, -0.2) is 16.1 Å². The predicted molar refractivity (Wildman–Crippen MR) is 86.7 cm³/mol. The summed E-state index contributed by atoms with van der Waals surface area (Å²) in [5, 5.41) is 1.01. The van der Waals surface area contributed by atoms with Gasteiger partial charge in [-0.2, -0.15) is 4.98 Å². The van der Waals surface area contributed by atoms with Gasteiger partial charge in [0.2, 0.25) is 11.8 Å². The van der Waals surface area contributed by atoms with Crippen LogP contribution in [0.1, 0.15) is 44.4 Å². The molecule has 2 aromatic heterocycles. The molecular weight excluding hydrogens is 284 g/mol. The minimum Gasteiger partial charge on any atom is -0.474 e. The van der Waals surface area contributed by atoms with Crippen molar-refractivity contribution < 1.29 is 4.74 Å². The fourth-order valence-corrected chi connectivity index (χ4v) is 3.87. The van der Waals surface area contributed by atoms with Crippen molar-refractivity contribution in [3.63, 3.8) is 0 Å². The van der Waals surface area contributed by atoms with Crippen LogP contribution in [0.2, 0.25) is 0 Å². The normalized spacial score (nSPS) is 22.4. The van der Waals surface area contributed by atoms with Gasteiger partial charge in [-0.1, -0.05) is 20.3 Å². The quantitative estimate of drug-likeness (QED) is 0.668. The molecule has 114 valence electrons. The molecule has 0 saturated heterocycles. The molecule has 1 fully saturated rings. The second-order valence-corrected chi connectivity index (χ2v) is 6.91. The molecule has 1 saturated carbocycles. The van der Waals surface area contributed by atoms with Gasteiger partial charge in [0.25, 0.3) is 0 Å². The SMILES string of the molecule is CCc1cc2c(OC3CCCC(C)C3)nc(NN)nc2s1. The third kappa shape index (κ3) is 3.11. The van der Waals surface area contributed by atoms with E-state index in [-0.39, 0.29) is 6.10 Å². The van der Waals surface area contributed by atoms with E-state index in [1.165, 1.54) is 17.7 Å². The number of hydrazine groups is 1. The first kappa shape index (κ1) is 14.5. The highest BCUT2D eigenvalue weighted by Gasteiger charge is 2.22. The van der Waals surface area contributed by atoms with Gasteiger partial charge in [0.1, 0.15) is 10.9 Å². The Bertz CT molecular complexity index is 627. The number of aryl methyl sites for hydroxylation is 1. The van der Waals surface area contributed by atoms with Gasteiger partial charge in [0, 0.05) is 4.88 Å². The first-order valence-electron chi connectivity index (χ1n) is 7.63. The fraction of sp³-hybridized carbons (Fsp3) is 0.600. The van der Waals surface area contributed by atoms with E-state index in [4.69, 9.17) is 10.6 Å². The van der Waals surface area contributed by atoms with Crippen molar-refractivity contribution in [1.82, 2.24) is 9.97 Å². The van der Waals surface area contributed by atoms with Crippen LogP contribution < -0.4 is 16.0 Å². The van der Waals surface area contributed by atoms with E-state index in [9.17, 15) is 0 Å². The summed E-state index contributed by atoms with van der Waals surface area (Å²) in [7, 11) is 0. The van der Waals surface area contributed by atoms with Crippen molar-refractivity contribution in [3.05, 3.63) is 10.9 Å². The molecule has 0 spiro atoms. The van der Waals surface area contributed by atoms with Crippen molar-refractivity contribution in [2.75, 3.05) is 5.43 Å². The third-order valence-electron chi connectivity index (χ3n) is 4.05. The number of hydrogen-bond acceptors (Lipinski definition) is 6. The van der Waals surface area contributed by atoms with Crippen LogP contribution in [0.5, 0.6) is 5.88 Å². The lowest BCUT2D eigenvalue weighted by Gasteiger charge is -2.27. The molecule has 0 radical (unpaired) electrons. The van der Waals surface area contributed by atoms with E-state index in [0.717, 1.165) is 35.4 Å². The van der Waals surface area contributed by atoms with Crippen molar-refractivity contribution in [2.24, 2.45) is 11.8 Å². The minimum absolute atomic E-state index is 0.252. The minimum atomic E-state index is 0.252. The number of nitrogens with one attached hydrogen (secondary N) is 1. The van der Waals surface area contributed by atoms with Gasteiger partial charge in [0.05, 0.1) is 5.39 Å². The number of nitrogens with two attached hydrogens (primary N) is 1. The second-order valence-electron chi connectivity index (χ2n) is 5.79. The second kappa shape index (κ2) is 6.15. The Balaban J connectivity index is 1.93. The molecule has 21 heavy (non-hydrogen) atoms. The van der Waals surface area contributed by atoms with Crippen molar-refractivity contribution in [2.45, 2.75) is 52.1 Å². The van der Waals surface area contributed by atoms with Crippen LogP contribution in [-0.2, 0) is 6.42 Å². The number of rotatable bonds is 4. The molecule has 2 unspecified atom stereocenters. The first-order valence-corrected chi connectivity index (χ1v) is 8.45. The predicted octanol–water partition coefficient (Wildman–Crippen LogP) is 3.50. The molecule has 3 N–H and O–H groups in total. The van der Waals surface area contributed by atoms with Gasteiger partial charge in [0.15, 0.2) is 0 Å². The van der Waals surface area contributed by atoms with Crippen LogP contribution in [0.25, 0.3) is 10.2 Å². The zero-order valence-corrected chi connectivity index (χ0v) is 13.4. The van der Waals surface area contributed by atoms with Gasteiger partial charge in [-0.3, -0.25) is 5.43 Å². The number of ether oxygens (including phenoxy) is 1. The van der Waals surface area contributed by atoms with Gasteiger partial charge < -0.3 is 4.74 Å². The van der Waals surface area contributed by atoms with E-state index < -0.39 is 0 Å². The van der Waals surface area contributed by atoms with Crippen LogP contribution >= 0.6 is 11.3 Å². The summed E-state index contributed by atoms with van der Waals surface area (Å²) in [5.74, 6) is 7.29. The molecule has 2 heterocycles. The van der Waals surface area contributed by atoms with Crippen molar-refractivity contribution in [3.8, 4) is 5.88 Å². The summed E-state index contributed by atoms with van der Waals surface area (Å²) in [4.78, 5) is 11.1. The van der Waals surface area contributed by atoms with Crippen molar-refractivity contribution in [1.29, 1.82) is 0 Å². The molecule has 1 aliphatic carbocycles. The summed E-state index contributed by atoms with van der Waals surface area (Å²) in [6.07, 6.45) is 5.97. The summed E-state index contributed by atoms with van der Waals surface area (Å²) < 4.78 is 6.20. The fourth-order valence-electron chi connectivity index (χ4n) is 2.92. The third-order valence-corrected chi connectivity index (χ3v) is 5.23. The number of nitrogen functional groups attached to an aromatic ring is 1. The number of aromatic nitrogens is 2. The first-order chi connectivity index (χ1) is 10.2. The van der Waals surface area contributed by atoms with Gasteiger partial charge in [-0.25, -0.2) is 10.8 Å². The number of thiophene rings is 1. The van der Waals surface area contributed by atoms with Crippen LogP contribution in [0.3, 0.4) is 0 Å². The highest BCUT2D eigenvalue weighted by atomic mass is 32.1. The van der Waals surface area contributed by atoms with Gasteiger partial charge in [-0.15, -0.1) is 11.3 Å². The molecule has 1 aliphatic rings. The Morgan fingerprint density at radius 1 is 1.43 bits per heavy atom. The molecule has 0 bridgehead atoms. The Labute approximate surface area is 128 Å². The molecular formula is C15H22N4OS. The topological polar surface area (TPSA) is 73.1 Å². The Hall–Kier alpha value is -1.40. The monoisotopic (exact) mass is 306 g/mol. The van der Waals surface area contributed by atoms with E-state index >= 15 is 0 Å². The standard InChI is InChI=1S/C15H22N4OS/c1-3-11-8-12-13(17-15(19-16)18-14(12)21-11)20-10-6-4-5-9(2)7-10/h8-10H,3-7,16H2,1-2H3,(H,17,18,19). The summed E-state index contributed by atoms with van der Waals surface area (Å²) in [6.45, 7) is 4.43. The molecule has 6 heteroatoms. The smallest absolute Gasteiger partial charge is 0.241 e. The Morgan fingerprint density at radius 2 is 2.29 bits per heavy atom. The highest BCUT2D eigenvalue weighted by Crippen LogP contribution is 2.34. The Kier molecular flexibility index (Phi) is 4.26. The Morgan fingerprint density at radius 3 is 3.00 bits per heavy atom. The van der Waals surface area contributed by atoms with E-state index in [1.807, 2.05) is 0 Å². The molecule has 3 rings (SSSR count). The van der Waals surface area contributed by atoms with Crippen LogP contribution in [0.4, 0.5) is 5.95 Å². The number of nitrogens with zero attached hydrogens (tertiary/aromatic N) is 2. The average Bonchev–Trinajstić information content (AvgIpc) is 2.90. The highest BCUT2D eigenvalue weighted by molar-refractivity contribution is 7.18. The van der Waals surface area contributed by atoms with Crippen LogP contribution in [0.15, 0.2) is 6.07 Å². The lowest BCUT2D eigenvalue weighted by molar-refractivity contribution is 0.126. The molecule has 0 aromatic carbocycles. The molecule has 2 atom stereocenters. The maximum Gasteiger partial charge on any atom is 0.241 e. The van der Waals surface area contributed by atoms with Crippen LogP contribution in [0, 0.1) is 5.92 Å². The average molecular weight is 306 g/mol. The van der Waals surface area contributed by atoms with E-state index in [2.05, 4.69) is 35.3 Å². The summed E-state index contributed by atoms with van der Waals surface area (Å²) >= 11 is 1.68. The maximum absolute atomic E-state index is 6.20. The molecule has 0 amide bonds. The maximum atomic E-state index is 6.20. The number of fused-ring (bicyclic) bond motifs is 1. The number of anilines is 1. The summed E-state index contributed by atoms with van der Waals surface area (Å²) in [5.41, 5.74) is 2.54. The molecule has 2 aromatic rings. The van der Waals surface area contributed by atoms with Gasteiger partial charge in [-0.05, 0) is 37.7 Å². The lowest BCUT2D eigenvalue weighted by Crippen LogP contribution is -2.24. The van der Waals surface area contributed by atoms with Crippen molar-refractivity contribution >= 4 is 27.5 Å².